The Hall–Kier alpha value is 3.44. The second-order valence-electron chi connectivity index (χ2n) is 1.06. The van der Waals surface area contributed by atoms with Gasteiger partial charge >= 0.3 is 111 Å². The zero-order valence-corrected chi connectivity index (χ0v) is 14.5. The molecule has 0 atom stereocenters. The molecule has 12 heavy (non-hydrogen) atoms. The average molecular weight is 270 g/mol. The van der Waals surface area contributed by atoms with Crippen molar-refractivity contribution in [2.75, 3.05) is 0 Å². The molecule has 0 aromatic rings. The Balaban J connectivity index is -0.0000000457. The van der Waals surface area contributed by atoms with Crippen LogP contribution in [-0.2, 0) is 4.57 Å². The van der Waals surface area contributed by atoms with Crippen LogP contribution in [0.15, 0.2) is 0 Å². The molecule has 0 heterocycles. The van der Waals surface area contributed by atoms with E-state index in [1.54, 1.807) is 0 Å². The molecule has 0 bridgehead atoms. The fourth-order valence-electron chi connectivity index (χ4n) is 0. The van der Waals surface area contributed by atoms with Gasteiger partial charge in [-0.05, 0) is 0 Å². The Labute approximate surface area is 154 Å². The molecule has 0 fully saturated rings. The van der Waals surface area contributed by atoms with E-state index in [1.165, 1.54) is 0 Å². The van der Waals surface area contributed by atoms with Crippen LogP contribution < -0.4 is 112 Å². The van der Waals surface area contributed by atoms with Crippen LogP contribution in [-0.4, -0.2) is 33.3 Å². The minimum atomic E-state index is -5.11. The van der Waals surface area contributed by atoms with Gasteiger partial charge in [-0.2, -0.15) is 0 Å². The summed E-state index contributed by atoms with van der Waals surface area (Å²) in [5, 5.41) is 0. The van der Waals surface area contributed by atoms with Crippen LogP contribution in [0.25, 0.3) is 0 Å². The van der Waals surface area contributed by atoms with Crippen molar-refractivity contribution in [3.63, 3.8) is 0 Å². The maximum Gasteiger partial charge on any atom is 1.00 e. The summed E-state index contributed by atoms with van der Waals surface area (Å²) >= 11 is 0. The molecular formula is H5K2O8PSi. The third kappa shape index (κ3) is 176. The van der Waals surface area contributed by atoms with Crippen molar-refractivity contribution in [3.05, 3.63) is 0 Å². The molecule has 12 heteroatoms. The molecule has 0 saturated heterocycles. The van der Waals surface area contributed by atoms with E-state index in [0.29, 0.717) is 0 Å². The van der Waals surface area contributed by atoms with Gasteiger partial charge in [-0.1, -0.05) is 0 Å². The van der Waals surface area contributed by atoms with E-state index in [9.17, 15) is 0 Å². The number of hydrogen-bond acceptors (Lipinski definition) is 5. The summed E-state index contributed by atoms with van der Waals surface area (Å²) in [6.07, 6.45) is 0. The summed E-state index contributed by atoms with van der Waals surface area (Å²) in [5.41, 5.74) is 0. The second kappa shape index (κ2) is 10.9. The van der Waals surface area contributed by atoms with Crippen molar-refractivity contribution in [3.8, 4) is 0 Å². The zero-order chi connectivity index (χ0) is 9.00. The third-order valence-electron chi connectivity index (χ3n) is 0. The van der Waals surface area contributed by atoms with Crippen molar-refractivity contribution >= 4 is 16.9 Å². The van der Waals surface area contributed by atoms with Crippen LogP contribution in [0.5, 0.6) is 0 Å². The average Bonchev–Trinajstić information content (AvgIpc) is 1.12. The second-order valence-corrected chi connectivity index (χ2v) is 3.19. The minimum Gasteiger partial charge on any atom is -0.828 e. The number of phosphoric acid groups is 1. The molecule has 0 radical (unpaired) electrons. The first kappa shape index (κ1) is 24.6. The van der Waals surface area contributed by atoms with Crippen molar-refractivity contribution < 1.29 is 141 Å². The van der Waals surface area contributed by atoms with E-state index in [1.807, 2.05) is 0 Å². The predicted molar refractivity (Wildman–Crippen MR) is 24.5 cm³/mol. The molecule has 0 aliphatic carbocycles. The van der Waals surface area contributed by atoms with Crippen molar-refractivity contribution in [2.45, 2.75) is 0 Å². The van der Waals surface area contributed by atoms with Crippen molar-refractivity contribution in [2.24, 2.45) is 0 Å². The van der Waals surface area contributed by atoms with E-state index in [2.05, 4.69) is 0 Å². The summed E-state index contributed by atoms with van der Waals surface area (Å²) in [7, 11) is -9.75. The molecule has 64 valence electrons. The molecule has 0 unspecified atom stereocenters. The Morgan fingerprint density at radius 1 is 1.00 bits per heavy atom. The van der Waals surface area contributed by atoms with Crippen LogP contribution in [0.3, 0.4) is 0 Å². The van der Waals surface area contributed by atoms with E-state index in [-0.39, 0.29) is 103 Å². The summed E-state index contributed by atoms with van der Waals surface area (Å²) in [5.74, 6) is 0. The molecule has 8 nitrogen and oxygen atoms in total. The van der Waals surface area contributed by atoms with Gasteiger partial charge in [0.15, 0.2) is 0 Å². The molecule has 0 aromatic heterocycles. The quantitative estimate of drug-likeness (QED) is 0.214. The molecule has 0 aliphatic heterocycles. The van der Waals surface area contributed by atoms with Crippen LogP contribution in [0, 0.1) is 0 Å². The molecule has 0 spiro atoms. The normalized spacial score (nSPS) is 9.92. The van der Waals surface area contributed by atoms with Gasteiger partial charge < -0.3 is 33.9 Å². The minimum absolute atomic E-state index is 0. The van der Waals surface area contributed by atoms with Crippen LogP contribution in [0.4, 0.5) is 0 Å². The maximum absolute atomic E-state index is 8.88. The molecule has 0 amide bonds. The van der Waals surface area contributed by atoms with Gasteiger partial charge in [0, 0.05) is 0 Å². The van der Waals surface area contributed by atoms with Gasteiger partial charge in [0.1, 0.15) is 9.05 Å². The van der Waals surface area contributed by atoms with E-state index >= 15 is 0 Å². The van der Waals surface area contributed by atoms with Crippen molar-refractivity contribution in [1.29, 1.82) is 0 Å². The first-order chi connectivity index (χ1) is 4.00. The fourth-order valence-corrected chi connectivity index (χ4v) is 0. The number of rotatable bonds is 0. The smallest absolute Gasteiger partial charge is 0.828 e. The van der Waals surface area contributed by atoms with Crippen molar-refractivity contribution in [1.82, 2.24) is 0 Å². The standard InChI is InChI=1S/2K.H3O4P.H2O4Si/c;;2*1-5(2,3)4/h;;(H3,1,2,3,4);1-2H/q2*+1;;-2. The van der Waals surface area contributed by atoms with E-state index in [0.717, 1.165) is 0 Å². The SMILES string of the molecule is O=P(O)(O)O.[K+].[K+].[O-][Si]([O-])(O)O. The monoisotopic (exact) mass is 270 g/mol. The van der Waals surface area contributed by atoms with Gasteiger partial charge in [0.05, 0.1) is 0 Å². The van der Waals surface area contributed by atoms with Crippen LogP contribution in [0.1, 0.15) is 0 Å². The van der Waals surface area contributed by atoms with Gasteiger partial charge in [-0.15, -0.1) is 0 Å². The molecule has 0 saturated carbocycles. The Morgan fingerprint density at radius 2 is 1.00 bits per heavy atom. The first-order valence-corrected chi connectivity index (χ1v) is 4.91. The van der Waals surface area contributed by atoms with Gasteiger partial charge in [0.2, 0.25) is 0 Å². The summed E-state index contributed by atoms with van der Waals surface area (Å²) in [6.45, 7) is 0. The largest absolute Gasteiger partial charge is 1.00 e. The van der Waals surface area contributed by atoms with Gasteiger partial charge in [-0.3, -0.25) is 0 Å². The third-order valence-corrected chi connectivity index (χ3v) is 0. The zero-order valence-electron chi connectivity index (χ0n) is 6.41. The summed E-state index contributed by atoms with van der Waals surface area (Å²) < 4.78 is 8.88. The molecule has 0 rings (SSSR count). The predicted octanol–water partition coefficient (Wildman–Crippen LogP) is -10.8. The molecule has 0 aliphatic rings. The van der Waals surface area contributed by atoms with Crippen LogP contribution in [0.2, 0.25) is 0 Å². The fraction of sp³-hybridized carbons (Fsp3) is 0. The van der Waals surface area contributed by atoms with E-state index in [4.69, 9.17) is 38.4 Å². The maximum atomic E-state index is 8.88. The molecular weight excluding hydrogens is 265 g/mol. The first-order valence-electron chi connectivity index (χ1n) is 1.64. The Kier molecular flexibility index (Phi) is 22.4. The Bertz CT molecular complexity index is 109. The van der Waals surface area contributed by atoms with Gasteiger partial charge in [-0.25, -0.2) is 4.57 Å². The topological polar surface area (TPSA) is 164 Å². The molecule has 0 aromatic carbocycles. The summed E-state index contributed by atoms with van der Waals surface area (Å²) in [6, 6.07) is 0. The summed E-state index contributed by atoms with van der Waals surface area (Å²) in [4.78, 5) is 53.4. The van der Waals surface area contributed by atoms with Gasteiger partial charge in [0.25, 0.3) is 0 Å². The molecule has 5 N–H and O–H groups in total. The van der Waals surface area contributed by atoms with Crippen LogP contribution >= 0.6 is 7.82 Å². The number of hydrogen-bond donors (Lipinski definition) is 5. The van der Waals surface area contributed by atoms with E-state index < -0.39 is 16.9 Å². The Morgan fingerprint density at radius 3 is 1.00 bits per heavy atom.